The Morgan fingerprint density at radius 1 is 1.38 bits per heavy atom. The van der Waals surface area contributed by atoms with Crippen molar-refractivity contribution in [1.82, 2.24) is 4.98 Å². The Bertz CT molecular complexity index is 1050. The molecule has 3 rings (SSSR count). The van der Waals surface area contributed by atoms with Crippen LogP contribution in [0.4, 0.5) is 18.9 Å². The number of methoxy groups -OCH3 is 1. The summed E-state index contributed by atoms with van der Waals surface area (Å²) in [6.07, 6.45) is 0.834. The number of hydrogen-bond donors (Lipinski definition) is 2. The van der Waals surface area contributed by atoms with Gasteiger partial charge in [0, 0.05) is 11.3 Å². The van der Waals surface area contributed by atoms with E-state index in [1.807, 2.05) is 0 Å². The summed E-state index contributed by atoms with van der Waals surface area (Å²) in [5.41, 5.74) is 2.25. The molecule has 29 heavy (non-hydrogen) atoms. The Hall–Kier alpha value is -3.10. The lowest BCUT2D eigenvalue weighted by Crippen LogP contribution is -2.48. The van der Waals surface area contributed by atoms with Crippen LogP contribution in [0.3, 0.4) is 0 Å². The van der Waals surface area contributed by atoms with E-state index in [2.05, 4.69) is 20.0 Å². The van der Waals surface area contributed by atoms with Gasteiger partial charge >= 0.3 is 0 Å². The summed E-state index contributed by atoms with van der Waals surface area (Å²) >= 11 is 0. The van der Waals surface area contributed by atoms with Crippen molar-refractivity contribution in [2.75, 3.05) is 19.0 Å². The van der Waals surface area contributed by atoms with E-state index in [9.17, 15) is 18.0 Å². The molecule has 2 heterocycles. The van der Waals surface area contributed by atoms with Gasteiger partial charge in [-0.2, -0.15) is 0 Å². The molecule has 2 aromatic rings. The molecule has 1 aromatic heterocycles. The Balaban J connectivity index is 1.81. The van der Waals surface area contributed by atoms with Gasteiger partial charge in [0.15, 0.2) is 5.67 Å². The van der Waals surface area contributed by atoms with E-state index in [-0.39, 0.29) is 35.5 Å². The van der Waals surface area contributed by atoms with Gasteiger partial charge in [0.05, 0.1) is 22.9 Å². The summed E-state index contributed by atoms with van der Waals surface area (Å²) in [4.78, 5) is 20.4. The first-order valence-corrected chi connectivity index (χ1v) is 8.72. The first-order valence-electron chi connectivity index (χ1n) is 10.2. The van der Waals surface area contributed by atoms with Gasteiger partial charge in [-0.25, -0.2) is 18.2 Å². The van der Waals surface area contributed by atoms with Gasteiger partial charge in [0.25, 0.3) is 5.91 Å². The molecule has 6 nitrogen and oxygen atoms in total. The first-order chi connectivity index (χ1) is 14.8. The third-order valence-electron chi connectivity index (χ3n) is 4.94. The van der Waals surface area contributed by atoms with Crippen molar-refractivity contribution in [3.8, 4) is 5.75 Å². The highest BCUT2D eigenvalue weighted by atomic mass is 19.2. The number of amides is 1. The Morgan fingerprint density at radius 2 is 2.17 bits per heavy atom. The van der Waals surface area contributed by atoms with Gasteiger partial charge in [0.2, 0.25) is 0 Å². The smallest absolute Gasteiger partial charge is 0.274 e. The predicted molar refractivity (Wildman–Crippen MR) is 103 cm³/mol. The second-order valence-corrected chi connectivity index (χ2v) is 7.00. The largest absolute Gasteiger partial charge is 0.495 e. The zero-order valence-corrected chi connectivity index (χ0v) is 15.5. The molecule has 9 heteroatoms. The van der Waals surface area contributed by atoms with E-state index in [1.54, 1.807) is 6.92 Å². The predicted octanol–water partition coefficient (Wildman–Crippen LogP) is 3.53. The van der Waals surface area contributed by atoms with Gasteiger partial charge in [-0.1, -0.05) is 0 Å². The first kappa shape index (κ1) is 16.8. The summed E-state index contributed by atoms with van der Waals surface area (Å²) in [6, 6.07) is 6.33. The topological polar surface area (TPSA) is 89.6 Å². The molecule has 2 atom stereocenters. The van der Waals surface area contributed by atoms with Crippen molar-refractivity contribution >= 4 is 17.4 Å². The van der Waals surface area contributed by atoms with Crippen molar-refractivity contribution in [3.05, 3.63) is 53.6 Å². The van der Waals surface area contributed by atoms with Crippen LogP contribution < -0.4 is 15.8 Å². The molecule has 0 bridgehead atoms. The fraction of sp³-hybridized carbons (Fsp3) is 0.350. The van der Waals surface area contributed by atoms with Crippen LogP contribution in [0.15, 0.2) is 41.5 Å². The number of aromatic nitrogens is 1. The number of aliphatic imine (C=N–C) groups is 1. The number of nitrogens with one attached hydrogen (secondary N) is 1. The van der Waals surface area contributed by atoms with Crippen LogP contribution in [-0.2, 0) is 5.54 Å². The van der Waals surface area contributed by atoms with E-state index < -0.39 is 42.5 Å². The quantitative estimate of drug-likeness (QED) is 0.791. The molecule has 0 saturated heterocycles. The lowest BCUT2D eigenvalue weighted by atomic mass is 9.80. The third kappa shape index (κ3) is 4.03. The molecule has 0 fully saturated rings. The molecular formula is C20H21F3N4O2. The Kier molecular flexibility index (Phi) is 4.48. The molecule has 154 valence electrons. The summed E-state index contributed by atoms with van der Waals surface area (Å²) in [5.74, 6) is -1.85. The van der Waals surface area contributed by atoms with Crippen LogP contribution in [0.25, 0.3) is 0 Å². The highest BCUT2D eigenvalue weighted by molar-refractivity contribution is 6.02. The summed E-state index contributed by atoms with van der Waals surface area (Å²) in [5, 5.41) is 2.55. The minimum atomic E-state index is -2.65. The Morgan fingerprint density at radius 3 is 2.79 bits per heavy atom. The van der Waals surface area contributed by atoms with Crippen LogP contribution in [0.5, 0.6) is 5.75 Å². The molecule has 1 aromatic carbocycles. The number of nitrogens with zero attached hydrogens (tertiary/aromatic N) is 2. The van der Waals surface area contributed by atoms with E-state index in [4.69, 9.17) is 9.85 Å². The van der Waals surface area contributed by atoms with Crippen LogP contribution in [-0.4, -0.2) is 36.1 Å². The van der Waals surface area contributed by atoms with Crippen molar-refractivity contribution < 1.29 is 26.8 Å². The number of hydrogen-bond acceptors (Lipinski definition) is 5. The number of anilines is 1. The molecule has 1 aliphatic rings. The number of alkyl halides is 2. The van der Waals surface area contributed by atoms with E-state index in [0.29, 0.717) is 0 Å². The maximum Gasteiger partial charge on any atom is 0.274 e. The van der Waals surface area contributed by atoms with Crippen LogP contribution in [0, 0.1) is 5.82 Å². The average molecular weight is 409 g/mol. The maximum atomic E-state index is 14.6. The molecule has 0 aliphatic carbocycles. The number of pyridine rings is 1. The van der Waals surface area contributed by atoms with Crippen molar-refractivity contribution in [3.63, 3.8) is 0 Å². The summed E-state index contributed by atoms with van der Waals surface area (Å²) < 4.78 is 67.8. The number of benzene rings is 1. The van der Waals surface area contributed by atoms with E-state index in [1.165, 1.54) is 24.3 Å². The Labute approximate surface area is 170 Å². The normalized spacial score (nSPS) is 25.9. The second-order valence-electron chi connectivity index (χ2n) is 7.00. The minimum absolute atomic E-state index is 0.00888. The third-order valence-corrected chi connectivity index (χ3v) is 4.94. The highest BCUT2D eigenvalue weighted by Gasteiger charge is 2.44. The molecule has 1 amide bonds. The molecule has 0 spiro atoms. The fourth-order valence-corrected chi connectivity index (χ4v) is 3.11. The summed E-state index contributed by atoms with van der Waals surface area (Å²) in [6.45, 7) is 0.229. The zero-order chi connectivity index (χ0) is 23.7. The zero-order valence-electron chi connectivity index (χ0n) is 18.5. The van der Waals surface area contributed by atoms with Crippen molar-refractivity contribution in [2.24, 2.45) is 10.7 Å². The molecular weight excluding hydrogens is 385 g/mol. The average Bonchev–Trinajstić information content (AvgIpc) is 2.72. The highest BCUT2D eigenvalue weighted by Crippen LogP contribution is 2.41. The van der Waals surface area contributed by atoms with Gasteiger partial charge in [-0.15, -0.1) is 0 Å². The standard InChI is InChI=1S/C20H21F3N4O2/c1-19(7-8-20(23,11-21)18(24)27-19)14-9-12(3-5-15(14)22)26-17(28)16-6-4-13(29-2)10-25-16/h3-6,9-10H,7-8,11H2,1-2H3,(H2,24,27)(H,26,28)/t19-,20+/m0/s1/i2D3. The van der Waals surface area contributed by atoms with Gasteiger partial charge in [-0.3, -0.25) is 9.79 Å². The van der Waals surface area contributed by atoms with Crippen LogP contribution >= 0.6 is 0 Å². The van der Waals surface area contributed by atoms with Gasteiger partial charge in [-0.05, 0) is 50.1 Å². The number of amidine groups is 1. The van der Waals surface area contributed by atoms with Crippen molar-refractivity contribution in [1.29, 1.82) is 0 Å². The fourth-order valence-electron chi connectivity index (χ4n) is 3.11. The number of rotatable bonds is 5. The number of nitrogens with two attached hydrogens (primary N) is 1. The van der Waals surface area contributed by atoms with Gasteiger partial charge < -0.3 is 15.8 Å². The molecule has 1 aliphatic heterocycles. The van der Waals surface area contributed by atoms with Gasteiger partial charge in [0.1, 0.15) is 29.8 Å². The number of carbonyl (C=O) groups excluding carboxylic acids is 1. The minimum Gasteiger partial charge on any atom is -0.495 e. The van der Waals surface area contributed by atoms with Crippen LogP contribution in [0.2, 0.25) is 0 Å². The lowest BCUT2D eigenvalue weighted by Gasteiger charge is -2.36. The lowest BCUT2D eigenvalue weighted by molar-refractivity contribution is 0.102. The number of carbonyl (C=O) groups is 1. The van der Waals surface area contributed by atoms with Crippen molar-refractivity contribution in [2.45, 2.75) is 31.0 Å². The maximum absolute atomic E-state index is 14.6. The van der Waals surface area contributed by atoms with E-state index in [0.717, 1.165) is 12.3 Å². The number of halogens is 3. The second kappa shape index (κ2) is 7.73. The van der Waals surface area contributed by atoms with Crippen LogP contribution in [0.1, 0.15) is 39.9 Å². The number of ether oxygens (including phenoxy) is 1. The van der Waals surface area contributed by atoms with E-state index >= 15 is 0 Å². The SMILES string of the molecule is [2H]C([2H])([2H])Oc1ccc(C(=O)Nc2ccc(F)c([C@]3(C)CC[C@@](F)(CF)C(N)=N3)c2)nc1. The molecule has 0 saturated carbocycles. The molecule has 0 unspecified atom stereocenters. The summed E-state index contributed by atoms with van der Waals surface area (Å²) in [7, 11) is -2.65. The molecule has 3 N–H and O–H groups in total. The monoisotopic (exact) mass is 409 g/mol. The molecule has 0 radical (unpaired) electrons.